The molecule has 4 aromatic rings. The molecule has 112 valence electrons. The average molecular weight is 421 g/mol. The third-order valence-electron chi connectivity index (χ3n) is 3.22. The summed E-state index contributed by atoms with van der Waals surface area (Å²) < 4.78 is 0. The largest absolute Gasteiger partial charge is 0.506 e. The van der Waals surface area contributed by atoms with Gasteiger partial charge in [0.05, 0.1) is 0 Å². The third kappa shape index (κ3) is 4.56. The van der Waals surface area contributed by atoms with E-state index in [9.17, 15) is 10.2 Å². The first-order valence-corrected chi connectivity index (χ1v) is 6.81. The molecule has 24 heavy (non-hydrogen) atoms. The standard InChI is InChI=1S/2C9H7NO.2Zn/c2*11-8-5-1-3-7-4-2-6-10-9(7)8;;/h2*1-6,11H;;. The Morgan fingerprint density at radius 1 is 0.542 bits per heavy atom. The van der Waals surface area contributed by atoms with Crippen molar-refractivity contribution in [3.8, 4) is 11.5 Å². The van der Waals surface area contributed by atoms with Crippen LogP contribution in [0.4, 0.5) is 0 Å². The van der Waals surface area contributed by atoms with Crippen LogP contribution < -0.4 is 0 Å². The van der Waals surface area contributed by atoms with Crippen LogP contribution in [0.25, 0.3) is 21.8 Å². The van der Waals surface area contributed by atoms with Crippen molar-refractivity contribution in [3.63, 3.8) is 0 Å². The topological polar surface area (TPSA) is 66.2 Å². The first-order valence-electron chi connectivity index (χ1n) is 6.81. The van der Waals surface area contributed by atoms with E-state index in [1.807, 2.05) is 36.4 Å². The minimum Gasteiger partial charge on any atom is -0.506 e. The normalized spacial score (nSPS) is 9.33. The van der Waals surface area contributed by atoms with Crippen LogP contribution in [-0.4, -0.2) is 20.2 Å². The molecular weight excluding hydrogens is 407 g/mol. The van der Waals surface area contributed by atoms with Gasteiger partial charge < -0.3 is 10.2 Å². The first kappa shape index (κ1) is 20.2. The summed E-state index contributed by atoms with van der Waals surface area (Å²) in [5.74, 6) is 0.478. The zero-order chi connectivity index (χ0) is 15.4. The van der Waals surface area contributed by atoms with E-state index in [1.54, 1.807) is 36.7 Å². The van der Waals surface area contributed by atoms with Crippen molar-refractivity contribution in [1.82, 2.24) is 9.97 Å². The van der Waals surface area contributed by atoms with E-state index in [-0.39, 0.29) is 50.5 Å². The molecule has 0 atom stereocenters. The average Bonchev–Trinajstić information content (AvgIpc) is 2.57. The fraction of sp³-hybridized carbons (Fsp3) is 0. The fourth-order valence-corrected chi connectivity index (χ4v) is 2.18. The molecule has 0 saturated carbocycles. The predicted molar refractivity (Wildman–Crippen MR) is 86.8 cm³/mol. The van der Waals surface area contributed by atoms with Gasteiger partial charge in [0.25, 0.3) is 0 Å². The summed E-state index contributed by atoms with van der Waals surface area (Å²) in [5.41, 5.74) is 1.32. The summed E-state index contributed by atoms with van der Waals surface area (Å²) >= 11 is 0. The van der Waals surface area contributed by atoms with Crippen LogP contribution in [0.3, 0.4) is 0 Å². The number of aromatic hydroxyl groups is 2. The van der Waals surface area contributed by atoms with Crippen LogP contribution in [0.2, 0.25) is 0 Å². The number of aromatic nitrogens is 2. The van der Waals surface area contributed by atoms with Crippen molar-refractivity contribution in [1.29, 1.82) is 0 Å². The number of fused-ring (bicyclic) bond motifs is 2. The first-order chi connectivity index (χ1) is 10.8. The van der Waals surface area contributed by atoms with E-state index in [2.05, 4.69) is 9.97 Å². The molecule has 0 radical (unpaired) electrons. The number of benzene rings is 2. The van der Waals surface area contributed by atoms with Gasteiger partial charge in [-0.15, -0.1) is 0 Å². The number of hydrogen-bond donors (Lipinski definition) is 2. The maximum absolute atomic E-state index is 9.31. The van der Waals surface area contributed by atoms with Crippen LogP contribution in [0.1, 0.15) is 0 Å². The van der Waals surface area contributed by atoms with Crippen molar-refractivity contribution in [2.75, 3.05) is 0 Å². The Kier molecular flexibility index (Phi) is 7.90. The zero-order valence-corrected chi connectivity index (χ0v) is 19.1. The zero-order valence-electron chi connectivity index (χ0n) is 13.1. The fourth-order valence-electron chi connectivity index (χ4n) is 2.18. The van der Waals surface area contributed by atoms with E-state index < -0.39 is 0 Å². The van der Waals surface area contributed by atoms with Gasteiger partial charge in [0.1, 0.15) is 22.5 Å². The number of rotatable bonds is 0. The SMILES string of the molecule is Oc1cccc2cccnc12.Oc1cccc2cccnc12.[Zn].[Zn]. The Labute approximate surface area is 165 Å². The van der Waals surface area contributed by atoms with Crippen molar-refractivity contribution in [2.45, 2.75) is 0 Å². The Bertz CT molecular complexity index is 845. The van der Waals surface area contributed by atoms with E-state index in [0.717, 1.165) is 10.8 Å². The molecule has 0 spiro atoms. The van der Waals surface area contributed by atoms with Gasteiger partial charge in [0.2, 0.25) is 0 Å². The van der Waals surface area contributed by atoms with Crippen LogP contribution >= 0.6 is 0 Å². The number of pyridine rings is 2. The number of phenolic OH excluding ortho intramolecular Hbond substituents is 2. The Hall–Kier alpha value is -1.89. The minimum absolute atomic E-state index is 0. The minimum atomic E-state index is 0. The van der Waals surface area contributed by atoms with Crippen LogP contribution in [0.15, 0.2) is 73.1 Å². The molecule has 0 saturated heterocycles. The molecule has 0 aliphatic rings. The molecule has 2 aromatic carbocycles. The third-order valence-corrected chi connectivity index (χ3v) is 3.22. The molecule has 0 fully saturated rings. The Balaban J connectivity index is 0.000000222. The summed E-state index contributed by atoms with van der Waals surface area (Å²) in [5, 5.41) is 20.5. The van der Waals surface area contributed by atoms with Crippen LogP contribution in [0.5, 0.6) is 11.5 Å². The van der Waals surface area contributed by atoms with E-state index in [0.29, 0.717) is 11.0 Å². The van der Waals surface area contributed by atoms with Gasteiger partial charge in [-0.05, 0) is 24.3 Å². The molecule has 0 aliphatic carbocycles. The maximum Gasteiger partial charge on any atom is 0.141 e. The van der Waals surface area contributed by atoms with Gasteiger partial charge in [-0.25, -0.2) is 0 Å². The number of nitrogens with zero attached hydrogens (tertiary/aromatic N) is 2. The summed E-state index contributed by atoms with van der Waals surface area (Å²) in [4.78, 5) is 8.06. The molecule has 2 aromatic heterocycles. The van der Waals surface area contributed by atoms with Crippen molar-refractivity contribution < 1.29 is 49.2 Å². The Morgan fingerprint density at radius 3 is 1.29 bits per heavy atom. The monoisotopic (exact) mass is 418 g/mol. The number of hydrogen-bond acceptors (Lipinski definition) is 4. The van der Waals surface area contributed by atoms with Gasteiger partial charge in [-0.2, -0.15) is 0 Å². The van der Waals surface area contributed by atoms with Gasteiger partial charge in [-0.3, -0.25) is 9.97 Å². The summed E-state index contributed by atoms with van der Waals surface area (Å²) in [6, 6.07) is 18.3. The van der Waals surface area contributed by atoms with Crippen molar-refractivity contribution in [3.05, 3.63) is 73.1 Å². The second kappa shape index (κ2) is 9.41. The Morgan fingerprint density at radius 2 is 0.917 bits per heavy atom. The molecule has 6 heteroatoms. The van der Waals surface area contributed by atoms with Crippen molar-refractivity contribution in [2.24, 2.45) is 0 Å². The molecular formula is C18H14N2O2Zn2. The van der Waals surface area contributed by atoms with E-state index >= 15 is 0 Å². The quantitative estimate of drug-likeness (QED) is 0.423. The molecule has 0 aliphatic heterocycles. The van der Waals surface area contributed by atoms with Crippen LogP contribution in [-0.2, 0) is 39.0 Å². The van der Waals surface area contributed by atoms with Crippen LogP contribution in [0, 0.1) is 0 Å². The molecule has 4 nitrogen and oxygen atoms in total. The second-order valence-electron chi connectivity index (χ2n) is 4.70. The van der Waals surface area contributed by atoms with Gasteiger partial charge in [-0.1, -0.05) is 36.4 Å². The molecule has 4 rings (SSSR count). The van der Waals surface area contributed by atoms with Gasteiger partial charge >= 0.3 is 0 Å². The molecule has 0 bridgehead atoms. The number of para-hydroxylation sites is 2. The van der Waals surface area contributed by atoms with E-state index in [1.165, 1.54) is 0 Å². The maximum atomic E-state index is 9.31. The summed E-state index contributed by atoms with van der Waals surface area (Å²) in [6.45, 7) is 0. The second-order valence-corrected chi connectivity index (χ2v) is 4.70. The van der Waals surface area contributed by atoms with Gasteiger partial charge in [0.15, 0.2) is 0 Å². The smallest absolute Gasteiger partial charge is 0.141 e. The van der Waals surface area contributed by atoms with Gasteiger partial charge in [0, 0.05) is 62.1 Å². The molecule has 0 amide bonds. The van der Waals surface area contributed by atoms with Crippen molar-refractivity contribution >= 4 is 21.8 Å². The molecule has 2 heterocycles. The van der Waals surface area contributed by atoms with E-state index in [4.69, 9.17) is 0 Å². The summed E-state index contributed by atoms with van der Waals surface area (Å²) in [6.07, 6.45) is 3.34. The molecule has 0 unspecified atom stereocenters. The predicted octanol–water partition coefficient (Wildman–Crippen LogP) is 3.88. The molecule has 2 N–H and O–H groups in total. The summed E-state index contributed by atoms with van der Waals surface area (Å²) in [7, 11) is 0. The number of phenols is 2.